The predicted octanol–water partition coefficient (Wildman–Crippen LogP) is 3.84. The summed E-state index contributed by atoms with van der Waals surface area (Å²) < 4.78 is 24.3. The highest BCUT2D eigenvalue weighted by atomic mass is 32.4. The molecule has 198 valence electrons. The minimum absolute atomic E-state index is 0.101. The lowest BCUT2D eigenvalue weighted by Crippen LogP contribution is -2.29. The number of hydrogen-bond donors (Lipinski definition) is 5. The lowest BCUT2D eigenvalue weighted by molar-refractivity contribution is 0.261. The molecule has 0 saturated heterocycles. The van der Waals surface area contributed by atoms with Gasteiger partial charge in [0.2, 0.25) is 11.8 Å². The van der Waals surface area contributed by atoms with Crippen LogP contribution in [0.25, 0.3) is 0 Å². The molecule has 3 unspecified atom stereocenters. The molecule has 0 aliphatic carbocycles. The van der Waals surface area contributed by atoms with Crippen LogP contribution < -0.4 is 9.05 Å². The van der Waals surface area contributed by atoms with Crippen LogP contribution in [0.1, 0.15) is 11.1 Å². The number of benzene rings is 2. The third kappa shape index (κ3) is 13.5. The zero-order chi connectivity index (χ0) is 26.9. The van der Waals surface area contributed by atoms with Gasteiger partial charge in [0.15, 0.2) is 12.0 Å². The minimum Gasteiger partial charge on any atom is -0.466 e. The van der Waals surface area contributed by atoms with E-state index in [0.29, 0.717) is 12.2 Å². The first kappa shape index (κ1) is 32.0. The SMILES string of the molecule is CN(/N=C/c1ccc(OP(P)P)cc1)[P+](=S)Oc1ccc(CCN(CP(=O)(O)O)C[P+](O)(O)O)cc1. The molecule has 0 saturated carbocycles. The molecule has 2 rings (SSSR count). The van der Waals surface area contributed by atoms with Gasteiger partial charge in [-0.2, -0.15) is 14.7 Å². The number of hydrogen-bond acceptors (Lipinski definition) is 9. The fourth-order valence-electron chi connectivity index (χ4n) is 2.80. The fourth-order valence-corrected chi connectivity index (χ4v) is 6.53. The molecule has 3 atom stereocenters. The van der Waals surface area contributed by atoms with Crippen molar-refractivity contribution in [2.75, 3.05) is 26.2 Å². The highest BCUT2D eigenvalue weighted by Crippen LogP contribution is 2.53. The second kappa shape index (κ2) is 14.8. The third-order valence-corrected chi connectivity index (χ3v) is 8.78. The molecule has 18 heteroatoms. The Bertz CT molecular complexity index is 1070. The van der Waals surface area contributed by atoms with E-state index in [2.05, 4.69) is 23.0 Å². The van der Waals surface area contributed by atoms with Crippen molar-refractivity contribution >= 4 is 66.0 Å². The molecule has 0 fully saturated rings. The van der Waals surface area contributed by atoms with E-state index in [0.717, 1.165) is 21.8 Å². The summed E-state index contributed by atoms with van der Waals surface area (Å²) in [6, 6.07) is 14.5. The summed E-state index contributed by atoms with van der Waals surface area (Å²) in [6.07, 6.45) is 0.710. The van der Waals surface area contributed by atoms with Crippen molar-refractivity contribution in [3.8, 4) is 11.5 Å². The summed E-state index contributed by atoms with van der Waals surface area (Å²) in [5.74, 6) is 1.31. The molecule has 0 bridgehead atoms. The van der Waals surface area contributed by atoms with Crippen molar-refractivity contribution in [2.45, 2.75) is 6.42 Å². The van der Waals surface area contributed by atoms with Crippen LogP contribution in [-0.4, -0.2) is 66.5 Å². The largest absolute Gasteiger partial charge is 0.540 e. The molecule has 0 spiro atoms. The highest BCUT2D eigenvalue weighted by molar-refractivity contribution is 8.41. The quantitative estimate of drug-likeness (QED) is 0.117. The van der Waals surface area contributed by atoms with Crippen molar-refractivity contribution in [3.63, 3.8) is 0 Å². The first-order valence-corrected chi connectivity index (χ1v) is 20.5. The Morgan fingerprint density at radius 2 is 1.69 bits per heavy atom. The van der Waals surface area contributed by atoms with Gasteiger partial charge in [-0.05, 0) is 53.9 Å². The molecule has 36 heavy (non-hydrogen) atoms. The molecule has 0 heterocycles. The van der Waals surface area contributed by atoms with Gasteiger partial charge in [0.05, 0.1) is 13.3 Å². The summed E-state index contributed by atoms with van der Waals surface area (Å²) >= 11 is 5.43. The Morgan fingerprint density at radius 1 is 1.11 bits per heavy atom. The van der Waals surface area contributed by atoms with Gasteiger partial charge in [0, 0.05) is 6.54 Å². The zero-order valence-corrected chi connectivity index (χ0v) is 25.9. The summed E-state index contributed by atoms with van der Waals surface area (Å²) in [5, 5.41) is 4.34. The van der Waals surface area contributed by atoms with Crippen molar-refractivity contribution in [2.24, 2.45) is 5.10 Å². The van der Waals surface area contributed by atoms with E-state index < -0.39 is 42.7 Å². The van der Waals surface area contributed by atoms with Gasteiger partial charge in [-0.1, -0.05) is 34.8 Å². The van der Waals surface area contributed by atoms with Crippen LogP contribution in [0.2, 0.25) is 0 Å². The Kier molecular flexibility index (Phi) is 13.1. The second-order valence-electron chi connectivity index (χ2n) is 7.51. The van der Waals surface area contributed by atoms with Gasteiger partial charge in [-0.15, -0.1) is 5.10 Å². The van der Waals surface area contributed by atoms with Gasteiger partial charge < -0.3 is 14.3 Å². The Balaban J connectivity index is 1.89. The fraction of sp³-hybridized carbons (Fsp3) is 0.278. The average Bonchev–Trinajstić information content (AvgIpc) is 2.75. The van der Waals surface area contributed by atoms with E-state index in [1.165, 1.54) is 0 Å². The minimum atomic E-state index is -4.44. The molecular formula is C18H29N3O8P6S+2. The number of nitrogens with zero attached hydrogens (tertiary/aromatic N) is 3. The maximum Gasteiger partial charge on any atom is 0.540 e. The maximum absolute atomic E-state index is 11.3. The van der Waals surface area contributed by atoms with Crippen molar-refractivity contribution in [3.05, 3.63) is 59.7 Å². The lowest BCUT2D eigenvalue weighted by Gasteiger charge is -2.21. The molecule has 0 amide bonds. The standard InChI is InChI=1S/C18H27N3O8P6S/c1-20(19-12-16-4-8-18(9-5-16)29-33(30)31)32(36)28-17-6-2-15(3-7-17)10-11-21(13-34(22,23)24)14-35(25,26)27/h2-9,12,22-24H,10-11,13-14,30-31H2,1H3/p+2/b19-12+. The Hall–Kier alpha value is -0.260. The smallest absolute Gasteiger partial charge is 0.466 e. The molecule has 0 aromatic heterocycles. The van der Waals surface area contributed by atoms with E-state index in [1.807, 2.05) is 24.3 Å². The van der Waals surface area contributed by atoms with Crippen molar-refractivity contribution in [1.29, 1.82) is 0 Å². The molecule has 5 N–H and O–H groups in total. The molecule has 2 aromatic rings. The van der Waals surface area contributed by atoms with Crippen molar-refractivity contribution in [1.82, 2.24) is 9.68 Å². The van der Waals surface area contributed by atoms with Crippen molar-refractivity contribution < 1.29 is 38.1 Å². The Labute approximate surface area is 222 Å². The third-order valence-electron chi connectivity index (χ3n) is 4.30. The predicted molar refractivity (Wildman–Crippen MR) is 156 cm³/mol. The molecule has 2 aromatic carbocycles. The zero-order valence-electron chi connectivity index (χ0n) is 19.2. The molecule has 0 aliphatic rings. The van der Waals surface area contributed by atoms with Crippen LogP contribution in [0.5, 0.6) is 11.5 Å². The number of hydrazone groups is 1. The topological polar surface area (TPSA) is 156 Å². The summed E-state index contributed by atoms with van der Waals surface area (Å²) in [7, 11) is -3.86. The van der Waals surface area contributed by atoms with Crippen LogP contribution in [0.4, 0.5) is 0 Å². The van der Waals surface area contributed by atoms with Crippen LogP contribution in [0.3, 0.4) is 0 Å². The second-order valence-corrected chi connectivity index (χ2v) is 18.7. The highest BCUT2D eigenvalue weighted by Gasteiger charge is 2.35. The summed E-state index contributed by atoms with van der Waals surface area (Å²) in [4.78, 5) is 47.3. The molecular weight excluding hydrogens is 604 g/mol. The van der Waals surface area contributed by atoms with Crippen LogP contribution in [-0.2, 0) is 22.8 Å². The van der Waals surface area contributed by atoms with Gasteiger partial charge in [0.1, 0.15) is 19.6 Å². The van der Waals surface area contributed by atoms with E-state index >= 15 is 0 Å². The normalized spacial score (nSPS) is 12.9. The van der Waals surface area contributed by atoms with E-state index in [4.69, 9.17) is 20.9 Å². The first-order valence-electron chi connectivity index (χ1n) is 10.1. The van der Waals surface area contributed by atoms with Crippen LogP contribution in [0.15, 0.2) is 53.6 Å². The van der Waals surface area contributed by atoms with Gasteiger partial charge in [-0.3, -0.25) is 14.0 Å². The summed E-state index contributed by atoms with van der Waals surface area (Å²) in [5.41, 5.74) is 1.70. The van der Waals surface area contributed by atoms with E-state index in [9.17, 15) is 29.0 Å². The first-order chi connectivity index (χ1) is 16.7. The van der Waals surface area contributed by atoms with Gasteiger partial charge >= 0.3 is 22.6 Å². The van der Waals surface area contributed by atoms with Gasteiger partial charge in [-0.25, -0.2) is 0 Å². The monoisotopic (exact) mass is 633 g/mol. The number of rotatable bonds is 14. The van der Waals surface area contributed by atoms with Crippen LogP contribution >= 0.6 is 48.0 Å². The average molecular weight is 633 g/mol. The molecule has 0 radical (unpaired) electrons. The summed E-state index contributed by atoms with van der Waals surface area (Å²) in [6.45, 7) is 0.101. The molecule has 0 aliphatic heterocycles. The Morgan fingerprint density at radius 3 is 2.22 bits per heavy atom. The van der Waals surface area contributed by atoms with Crippen LogP contribution in [0, 0.1) is 0 Å². The van der Waals surface area contributed by atoms with E-state index in [-0.39, 0.29) is 6.54 Å². The van der Waals surface area contributed by atoms with E-state index in [1.54, 1.807) is 42.3 Å². The molecule has 11 nitrogen and oxygen atoms in total. The lowest BCUT2D eigenvalue weighted by atomic mass is 10.1. The van der Waals surface area contributed by atoms with Gasteiger partial charge in [0.25, 0.3) is 0 Å². The maximum atomic E-state index is 11.3.